The highest BCUT2D eigenvalue weighted by molar-refractivity contribution is 6.31. The van der Waals surface area contributed by atoms with Crippen LogP contribution in [0.15, 0.2) is 42.5 Å². The van der Waals surface area contributed by atoms with E-state index in [0.717, 1.165) is 0 Å². The van der Waals surface area contributed by atoms with Crippen molar-refractivity contribution in [2.45, 2.75) is 13.5 Å². The summed E-state index contributed by atoms with van der Waals surface area (Å²) in [4.78, 5) is 25.1. The first kappa shape index (κ1) is 21.1. The summed E-state index contributed by atoms with van der Waals surface area (Å²) in [5.74, 6) is 0.158. The van der Waals surface area contributed by atoms with Gasteiger partial charge >= 0.3 is 0 Å². The van der Waals surface area contributed by atoms with Crippen molar-refractivity contribution >= 4 is 34.8 Å². The number of amides is 2. The molecule has 30 heavy (non-hydrogen) atoms. The zero-order valence-corrected chi connectivity index (χ0v) is 17.4. The Labute approximate surface area is 177 Å². The summed E-state index contributed by atoms with van der Waals surface area (Å²) in [6, 6.07) is 11.9. The smallest absolute Gasteiger partial charge is 0.278 e. The fourth-order valence-electron chi connectivity index (χ4n) is 2.75. The van der Waals surface area contributed by atoms with Gasteiger partial charge in [0, 0.05) is 5.02 Å². The van der Waals surface area contributed by atoms with E-state index < -0.39 is 5.91 Å². The highest BCUT2D eigenvalue weighted by Crippen LogP contribution is 2.27. The minimum absolute atomic E-state index is 0.106. The number of methoxy groups -OCH3 is 2. The van der Waals surface area contributed by atoms with Gasteiger partial charge in [-0.1, -0.05) is 28.9 Å². The van der Waals surface area contributed by atoms with Crippen molar-refractivity contribution in [1.29, 1.82) is 0 Å². The molecule has 0 saturated carbocycles. The molecule has 0 atom stereocenters. The molecule has 2 amide bonds. The Bertz CT molecular complexity index is 1080. The van der Waals surface area contributed by atoms with Gasteiger partial charge in [-0.05, 0) is 37.3 Å². The van der Waals surface area contributed by atoms with Gasteiger partial charge in [-0.3, -0.25) is 9.59 Å². The maximum atomic E-state index is 12.6. The van der Waals surface area contributed by atoms with Crippen LogP contribution < -0.4 is 20.1 Å². The van der Waals surface area contributed by atoms with Gasteiger partial charge in [0.1, 0.15) is 18.0 Å². The van der Waals surface area contributed by atoms with Crippen LogP contribution in [0.2, 0.25) is 5.02 Å². The molecule has 0 radical (unpaired) electrons. The second kappa shape index (κ2) is 9.27. The number of halogens is 1. The molecular weight excluding hydrogens is 410 g/mol. The highest BCUT2D eigenvalue weighted by atomic mass is 35.5. The largest absolute Gasteiger partial charge is 0.495 e. The van der Waals surface area contributed by atoms with Gasteiger partial charge in [-0.15, -0.1) is 5.10 Å². The number of carbonyl (C=O) groups excluding carboxylic acids is 2. The fourth-order valence-corrected chi connectivity index (χ4v) is 2.93. The van der Waals surface area contributed by atoms with Gasteiger partial charge in [0.25, 0.3) is 5.91 Å². The molecule has 0 unspecified atom stereocenters. The molecule has 9 nitrogen and oxygen atoms in total. The zero-order chi connectivity index (χ0) is 21.7. The number of hydrogen-bond donors (Lipinski definition) is 2. The van der Waals surface area contributed by atoms with Crippen molar-refractivity contribution in [2.24, 2.45) is 0 Å². The van der Waals surface area contributed by atoms with E-state index in [2.05, 4.69) is 20.9 Å². The van der Waals surface area contributed by atoms with Crippen molar-refractivity contribution in [3.05, 3.63) is 58.9 Å². The number of hydrogen-bond acceptors (Lipinski definition) is 6. The number of nitrogens with one attached hydrogen (secondary N) is 2. The van der Waals surface area contributed by atoms with E-state index in [4.69, 9.17) is 21.1 Å². The number of nitrogens with zero attached hydrogens (tertiary/aromatic N) is 3. The summed E-state index contributed by atoms with van der Waals surface area (Å²) in [5, 5.41) is 13.7. The average molecular weight is 430 g/mol. The standard InChI is InChI=1S/C20H20ClN5O4/c1-12-19(20(28)23-14-6-4-5-7-16(14)29-2)24-25-26(12)11-18(27)22-15-10-13(21)8-9-17(15)30-3/h4-10H,11H2,1-3H3,(H,22,27)(H,23,28). The van der Waals surface area contributed by atoms with Gasteiger partial charge in [-0.25, -0.2) is 4.68 Å². The molecule has 156 valence electrons. The predicted octanol–water partition coefficient (Wildman–Crippen LogP) is 3.15. The van der Waals surface area contributed by atoms with E-state index in [1.54, 1.807) is 49.4 Å². The summed E-state index contributed by atoms with van der Waals surface area (Å²) < 4.78 is 11.8. The molecule has 3 rings (SSSR count). The predicted molar refractivity (Wildman–Crippen MR) is 112 cm³/mol. The third-order valence-corrected chi connectivity index (χ3v) is 4.52. The van der Waals surface area contributed by atoms with Crippen LogP contribution in [0.3, 0.4) is 0 Å². The van der Waals surface area contributed by atoms with Crippen LogP contribution in [-0.4, -0.2) is 41.0 Å². The van der Waals surface area contributed by atoms with Gasteiger partial charge in [-0.2, -0.15) is 0 Å². The number of carbonyl (C=O) groups is 2. The minimum Gasteiger partial charge on any atom is -0.495 e. The van der Waals surface area contributed by atoms with Crippen molar-refractivity contribution in [2.75, 3.05) is 24.9 Å². The van der Waals surface area contributed by atoms with Crippen molar-refractivity contribution in [1.82, 2.24) is 15.0 Å². The topological polar surface area (TPSA) is 107 Å². The molecule has 1 aromatic heterocycles. The quantitative estimate of drug-likeness (QED) is 0.597. The molecule has 0 bridgehead atoms. The Morgan fingerprint density at radius 2 is 1.73 bits per heavy atom. The molecule has 0 aliphatic heterocycles. The molecule has 0 spiro atoms. The number of anilines is 2. The molecule has 0 aliphatic carbocycles. The molecule has 3 aromatic rings. The lowest BCUT2D eigenvalue weighted by molar-refractivity contribution is -0.117. The maximum Gasteiger partial charge on any atom is 0.278 e. The van der Waals surface area contributed by atoms with E-state index >= 15 is 0 Å². The molecule has 0 saturated heterocycles. The highest BCUT2D eigenvalue weighted by Gasteiger charge is 2.19. The Hall–Kier alpha value is -3.59. The van der Waals surface area contributed by atoms with E-state index in [9.17, 15) is 9.59 Å². The Balaban J connectivity index is 1.71. The lowest BCUT2D eigenvalue weighted by atomic mass is 10.2. The van der Waals surface area contributed by atoms with Gasteiger partial charge in [0.2, 0.25) is 5.91 Å². The van der Waals surface area contributed by atoms with Crippen LogP contribution in [0.4, 0.5) is 11.4 Å². The first-order valence-corrected chi connectivity index (χ1v) is 9.28. The number of aromatic nitrogens is 3. The molecule has 0 fully saturated rings. The normalized spacial score (nSPS) is 10.4. The van der Waals surface area contributed by atoms with Crippen LogP contribution in [0.5, 0.6) is 11.5 Å². The molecule has 10 heteroatoms. The third-order valence-electron chi connectivity index (χ3n) is 4.28. The number of benzene rings is 2. The second-order valence-electron chi connectivity index (χ2n) is 6.23. The third kappa shape index (κ3) is 4.69. The lowest BCUT2D eigenvalue weighted by Crippen LogP contribution is -2.21. The summed E-state index contributed by atoms with van der Waals surface area (Å²) in [6.45, 7) is 1.51. The fraction of sp³-hybridized carbons (Fsp3) is 0.200. The summed E-state index contributed by atoms with van der Waals surface area (Å²) in [6.07, 6.45) is 0. The van der Waals surface area contributed by atoms with E-state index in [0.29, 0.717) is 33.6 Å². The molecular formula is C20H20ClN5O4. The van der Waals surface area contributed by atoms with Crippen molar-refractivity contribution in [3.8, 4) is 11.5 Å². The molecule has 0 aliphatic rings. The number of ether oxygens (including phenoxy) is 2. The van der Waals surface area contributed by atoms with E-state index in [-0.39, 0.29) is 18.1 Å². The SMILES string of the molecule is COc1ccc(Cl)cc1NC(=O)Cn1nnc(C(=O)Nc2ccccc2OC)c1C. The maximum absolute atomic E-state index is 12.6. The first-order chi connectivity index (χ1) is 14.4. The van der Waals surface area contributed by atoms with Crippen LogP contribution in [0.25, 0.3) is 0 Å². The summed E-state index contributed by atoms with van der Waals surface area (Å²) in [7, 11) is 3.01. The summed E-state index contributed by atoms with van der Waals surface area (Å²) >= 11 is 5.98. The number of para-hydroxylation sites is 2. The molecule has 1 heterocycles. The van der Waals surface area contributed by atoms with Crippen LogP contribution in [0.1, 0.15) is 16.2 Å². The summed E-state index contributed by atoms with van der Waals surface area (Å²) in [5.41, 5.74) is 1.48. The monoisotopic (exact) mass is 429 g/mol. The Morgan fingerprint density at radius 1 is 1.03 bits per heavy atom. The van der Waals surface area contributed by atoms with Gasteiger partial charge in [0.05, 0.1) is 31.3 Å². The number of rotatable bonds is 7. The Kier molecular flexibility index (Phi) is 6.53. The van der Waals surface area contributed by atoms with Crippen LogP contribution in [-0.2, 0) is 11.3 Å². The van der Waals surface area contributed by atoms with Crippen molar-refractivity contribution in [3.63, 3.8) is 0 Å². The second-order valence-corrected chi connectivity index (χ2v) is 6.66. The van der Waals surface area contributed by atoms with Gasteiger partial charge < -0.3 is 20.1 Å². The van der Waals surface area contributed by atoms with E-state index in [1.165, 1.54) is 18.9 Å². The molecule has 2 aromatic carbocycles. The van der Waals surface area contributed by atoms with Crippen molar-refractivity contribution < 1.29 is 19.1 Å². The zero-order valence-electron chi connectivity index (χ0n) is 16.6. The minimum atomic E-state index is -0.458. The average Bonchev–Trinajstić information content (AvgIpc) is 3.08. The van der Waals surface area contributed by atoms with Gasteiger partial charge in [0.15, 0.2) is 5.69 Å². The van der Waals surface area contributed by atoms with E-state index in [1.807, 2.05) is 0 Å². The molecule has 2 N–H and O–H groups in total. The first-order valence-electron chi connectivity index (χ1n) is 8.90. The lowest BCUT2D eigenvalue weighted by Gasteiger charge is -2.11. The van der Waals surface area contributed by atoms with Crippen LogP contribution >= 0.6 is 11.6 Å². The van der Waals surface area contributed by atoms with Crippen LogP contribution in [0, 0.1) is 6.92 Å². The Morgan fingerprint density at radius 3 is 2.47 bits per heavy atom.